The number of nitrogens with one attached hydrogen (secondary N) is 1. The number of anilines is 2. The largest absolute Gasteiger partial charge is 0.379 e. The smallest absolute Gasteiger partial charge is 0.133 e. The van der Waals surface area contributed by atoms with E-state index in [1.807, 2.05) is 47.0 Å². The van der Waals surface area contributed by atoms with Crippen LogP contribution < -0.4 is 10.2 Å². The van der Waals surface area contributed by atoms with Gasteiger partial charge in [0.1, 0.15) is 17.5 Å². The molecule has 3 aromatic carbocycles. The summed E-state index contributed by atoms with van der Waals surface area (Å²) in [5, 5.41) is 3.92. The third kappa shape index (κ3) is 5.22. The molecule has 0 aliphatic heterocycles. The summed E-state index contributed by atoms with van der Waals surface area (Å²) in [6.07, 6.45) is 1.97. The van der Waals surface area contributed by atoms with Crippen LogP contribution >= 0.6 is 11.6 Å². The van der Waals surface area contributed by atoms with Crippen LogP contribution in [0.15, 0.2) is 79.0 Å². The first kappa shape index (κ1) is 20.9. The Morgan fingerprint density at radius 3 is 2.16 bits per heavy atom. The maximum absolute atomic E-state index is 13.3. The average Bonchev–Trinajstić information content (AvgIpc) is 3.17. The Kier molecular flexibility index (Phi) is 6.18. The molecule has 0 saturated heterocycles. The zero-order valence-electron chi connectivity index (χ0n) is 16.9. The summed E-state index contributed by atoms with van der Waals surface area (Å²) < 4.78 is 28.4. The number of rotatable bonds is 7. The van der Waals surface area contributed by atoms with Gasteiger partial charge in [-0.2, -0.15) is 0 Å². The molecule has 1 N–H and O–H groups in total. The lowest BCUT2D eigenvalue weighted by Gasteiger charge is -2.19. The van der Waals surface area contributed by atoms with Gasteiger partial charge in [0.05, 0.1) is 18.8 Å². The Hall–Kier alpha value is -3.38. The third-order valence-electron chi connectivity index (χ3n) is 4.90. The molecule has 0 bridgehead atoms. The lowest BCUT2D eigenvalue weighted by Crippen LogP contribution is -2.19. The van der Waals surface area contributed by atoms with Crippen LogP contribution in [-0.2, 0) is 13.1 Å². The molecule has 0 saturated carbocycles. The van der Waals surface area contributed by atoms with Gasteiger partial charge in [0, 0.05) is 35.3 Å². The van der Waals surface area contributed by atoms with E-state index in [1.165, 1.54) is 24.3 Å². The van der Waals surface area contributed by atoms with Crippen molar-refractivity contribution in [3.05, 3.63) is 107 Å². The predicted molar refractivity (Wildman–Crippen MR) is 121 cm³/mol. The van der Waals surface area contributed by atoms with Crippen LogP contribution in [0.25, 0.3) is 5.69 Å². The fourth-order valence-corrected chi connectivity index (χ4v) is 3.38. The molecule has 4 rings (SSSR count). The van der Waals surface area contributed by atoms with Crippen LogP contribution in [0.1, 0.15) is 11.5 Å². The van der Waals surface area contributed by atoms with E-state index in [-0.39, 0.29) is 11.6 Å². The minimum Gasteiger partial charge on any atom is -0.379 e. The summed E-state index contributed by atoms with van der Waals surface area (Å²) in [5.41, 5.74) is 3.47. The number of halogens is 3. The second-order valence-corrected chi connectivity index (χ2v) is 7.62. The molecule has 7 heteroatoms. The highest BCUT2D eigenvalue weighted by Gasteiger charge is 2.13. The van der Waals surface area contributed by atoms with Gasteiger partial charge in [-0.25, -0.2) is 13.8 Å². The van der Waals surface area contributed by atoms with Crippen LogP contribution in [0, 0.1) is 11.6 Å². The van der Waals surface area contributed by atoms with E-state index in [2.05, 4.69) is 5.32 Å². The summed E-state index contributed by atoms with van der Waals surface area (Å²) in [4.78, 5) is 6.81. The van der Waals surface area contributed by atoms with Gasteiger partial charge < -0.3 is 14.8 Å². The highest BCUT2D eigenvalue weighted by atomic mass is 35.5. The molecule has 0 amide bonds. The zero-order chi connectivity index (χ0) is 21.8. The maximum atomic E-state index is 13.3. The van der Waals surface area contributed by atoms with Gasteiger partial charge in [0.15, 0.2) is 0 Å². The van der Waals surface area contributed by atoms with Crippen molar-refractivity contribution in [3.63, 3.8) is 0 Å². The van der Waals surface area contributed by atoms with Gasteiger partial charge in [-0.3, -0.25) is 0 Å². The summed E-state index contributed by atoms with van der Waals surface area (Å²) >= 11 is 6.05. The van der Waals surface area contributed by atoms with E-state index in [4.69, 9.17) is 16.6 Å². The Bertz CT molecular complexity index is 1140. The quantitative estimate of drug-likeness (QED) is 0.381. The summed E-state index contributed by atoms with van der Waals surface area (Å²) in [7, 11) is 1.94. The predicted octanol–water partition coefficient (Wildman–Crippen LogP) is 6.05. The summed E-state index contributed by atoms with van der Waals surface area (Å²) in [6.45, 7) is 1.00. The zero-order valence-corrected chi connectivity index (χ0v) is 17.7. The molecule has 31 heavy (non-hydrogen) atoms. The molecular weight excluding hydrogens is 418 g/mol. The van der Waals surface area contributed by atoms with Gasteiger partial charge in [0.2, 0.25) is 0 Å². The summed E-state index contributed by atoms with van der Waals surface area (Å²) in [6, 6.07) is 20.1. The van der Waals surface area contributed by atoms with Crippen molar-refractivity contribution in [2.24, 2.45) is 0 Å². The van der Waals surface area contributed by atoms with Gasteiger partial charge in [-0.1, -0.05) is 11.6 Å². The van der Waals surface area contributed by atoms with E-state index < -0.39 is 0 Å². The monoisotopic (exact) mass is 438 g/mol. The van der Waals surface area contributed by atoms with Gasteiger partial charge in [-0.15, -0.1) is 0 Å². The number of nitrogens with zero attached hydrogens (tertiary/aromatic N) is 3. The SMILES string of the molecule is CN(Cc1nc(CNc2ccc(F)cc2)cn1-c1ccc(Cl)cc1)c1ccc(F)cc1. The molecular formula is C24H21ClF2N4. The first-order valence-corrected chi connectivity index (χ1v) is 10.1. The molecule has 0 radical (unpaired) electrons. The molecule has 1 aromatic heterocycles. The van der Waals surface area contributed by atoms with Crippen molar-refractivity contribution < 1.29 is 8.78 Å². The van der Waals surface area contributed by atoms with E-state index in [9.17, 15) is 8.78 Å². The Balaban J connectivity index is 1.59. The van der Waals surface area contributed by atoms with Crippen molar-refractivity contribution in [1.29, 1.82) is 0 Å². The molecule has 0 atom stereocenters. The lowest BCUT2D eigenvalue weighted by molar-refractivity contribution is 0.627. The summed E-state index contributed by atoms with van der Waals surface area (Å²) in [5.74, 6) is 0.280. The first-order valence-electron chi connectivity index (χ1n) is 9.77. The maximum Gasteiger partial charge on any atom is 0.133 e. The van der Waals surface area contributed by atoms with Crippen molar-refractivity contribution in [2.75, 3.05) is 17.3 Å². The van der Waals surface area contributed by atoms with Crippen molar-refractivity contribution in [2.45, 2.75) is 13.1 Å². The number of hydrogen-bond donors (Lipinski definition) is 1. The van der Waals surface area contributed by atoms with Crippen molar-refractivity contribution >= 4 is 23.0 Å². The minimum absolute atomic E-state index is 0.269. The van der Waals surface area contributed by atoms with Crippen LogP contribution in [-0.4, -0.2) is 16.6 Å². The molecule has 0 fully saturated rings. The first-order chi connectivity index (χ1) is 15.0. The van der Waals surface area contributed by atoms with Gasteiger partial charge >= 0.3 is 0 Å². The van der Waals surface area contributed by atoms with Crippen LogP contribution in [0.4, 0.5) is 20.2 Å². The van der Waals surface area contributed by atoms with Crippen LogP contribution in [0.3, 0.4) is 0 Å². The molecule has 1 heterocycles. The normalized spacial score (nSPS) is 10.8. The van der Waals surface area contributed by atoms with E-state index in [0.29, 0.717) is 18.1 Å². The molecule has 0 spiro atoms. The van der Waals surface area contributed by atoms with E-state index in [0.717, 1.165) is 28.6 Å². The standard InChI is InChI=1S/C24H21ClF2N4/c1-30(22-12-6-19(27)7-13-22)16-24-29-21(14-28-20-8-4-18(26)5-9-20)15-31(24)23-10-2-17(25)3-11-23/h2-13,15,28H,14,16H2,1H3. The molecule has 158 valence electrons. The molecule has 4 aromatic rings. The highest BCUT2D eigenvalue weighted by Crippen LogP contribution is 2.21. The van der Waals surface area contributed by atoms with Crippen LogP contribution in [0.2, 0.25) is 5.02 Å². The van der Waals surface area contributed by atoms with Crippen LogP contribution in [0.5, 0.6) is 0 Å². The van der Waals surface area contributed by atoms with Gasteiger partial charge in [0.25, 0.3) is 0 Å². The number of hydrogen-bond acceptors (Lipinski definition) is 3. The number of aromatic nitrogens is 2. The van der Waals surface area contributed by atoms with Gasteiger partial charge in [-0.05, 0) is 72.8 Å². The molecule has 4 nitrogen and oxygen atoms in total. The lowest BCUT2D eigenvalue weighted by atomic mass is 10.3. The third-order valence-corrected chi connectivity index (χ3v) is 5.15. The molecule has 0 aliphatic carbocycles. The second kappa shape index (κ2) is 9.18. The number of imidazole rings is 1. The minimum atomic E-state index is -0.274. The molecule has 0 unspecified atom stereocenters. The Morgan fingerprint density at radius 1 is 0.903 bits per heavy atom. The Labute approximate surface area is 184 Å². The fourth-order valence-electron chi connectivity index (χ4n) is 3.25. The van der Waals surface area contributed by atoms with E-state index in [1.54, 1.807) is 24.3 Å². The molecule has 0 aliphatic rings. The fraction of sp³-hybridized carbons (Fsp3) is 0.125. The average molecular weight is 439 g/mol. The highest BCUT2D eigenvalue weighted by molar-refractivity contribution is 6.30. The topological polar surface area (TPSA) is 33.1 Å². The van der Waals surface area contributed by atoms with Crippen molar-refractivity contribution in [1.82, 2.24) is 9.55 Å². The number of benzene rings is 3. The van der Waals surface area contributed by atoms with Crippen molar-refractivity contribution in [3.8, 4) is 5.69 Å². The second-order valence-electron chi connectivity index (χ2n) is 7.19. The van der Waals surface area contributed by atoms with E-state index >= 15 is 0 Å². The Morgan fingerprint density at radius 2 is 1.52 bits per heavy atom.